The van der Waals surface area contributed by atoms with Crippen LogP contribution < -0.4 is 10.2 Å². The van der Waals surface area contributed by atoms with Crippen molar-refractivity contribution in [2.24, 2.45) is 5.92 Å². The zero-order chi connectivity index (χ0) is 19.6. The minimum absolute atomic E-state index is 0.0325. The number of nitrogens with one attached hydrogen (secondary N) is 1. The van der Waals surface area contributed by atoms with Gasteiger partial charge in [-0.1, -0.05) is 23.5 Å². The van der Waals surface area contributed by atoms with Gasteiger partial charge in [0.25, 0.3) is 0 Å². The Balaban J connectivity index is 1.22. The molecule has 10 heteroatoms. The zero-order valence-electron chi connectivity index (χ0n) is 15.5. The molecule has 0 bridgehead atoms. The molecule has 0 spiro atoms. The van der Waals surface area contributed by atoms with E-state index in [1.807, 2.05) is 30.3 Å². The number of rotatable bonds is 4. The Bertz CT molecular complexity index is 1100. The molecular weight excluding hydrogens is 388 g/mol. The third-order valence-corrected chi connectivity index (χ3v) is 5.96. The second-order valence-corrected chi connectivity index (χ2v) is 7.84. The summed E-state index contributed by atoms with van der Waals surface area (Å²) in [5.74, 6) is 1.50. The maximum atomic E-state index is 12.7. The number of piperidine rings is 1. The van der Waals surface area contributed by atoms with Crippen LogP contribution in [-0.4, -0.2) is 48.7 Å². The smallest absolute Gasteiger partial charge is 0.229 e. The number of hydrogen-bond acceptors (Lipinski definition) is 8. The fraction of sp³-hybridized carbons (Fsp3) is 0.263. The Kier molecular flexibility index (Phi) is 4.60. The highest BCUT2D eigenvalue weighted by Crippen LogP contribution is 2.28. The summed E-state index contributed by atoms with van der Waals surface area (Å²) in [7, 11) is 0. The minimum Gasteiger partial charge on any atom is -0.356 e. The first-order valence-electron chi connectivity index (χ1n) is 9.35. The summed E-state index contributed by atoms with van der Waals surface area (Å²) in [6, 6.07) is 9.77. The largest absolute Gasteiger partial charge is 0.356 e. The van der Waals surface area contributed by atoms with Crippen LogP contribution in [0.5, 0.6) is 0 Å². The SMILES string of the molecule is O=C(Nc1nc2ccccc2s1)C1CCN(c2cc(-n3cncn3)ncn2)CC1. The fourth-order valence-corrected chi connectivity index (χ4v) is 4.33. The van der Waals surface area contributed by atoms with E-state index in [4.69, 9.17) is 0 Å². The molecule has 1 amide bonds. The highest BCUT2D eigenvalue weighted by molar-refractivity contribution is 7.22. The topological polar surface area (TPSA) is 102 Å². The quantitative estimate of drug-likeness (QED) is 0.556. The maximum absolute atomic E-state index is 12.7. The van der Waals surface area contributed by atoms with Crippen LogP contribution in [0.15, 0.2) is 49.3 Å². The lowest BCUT2D eigenvalue weighted by molar-refractivity contribution is -0.120. The van der Waals surface area contributed by atoms with E-state index >= 15 is 0 Å². The predicted molar refractivity (Wildman–Crippen MR) is 110 cm³/mol. The fourth-order valence-electron chi connectivity index (χ4n) is 3.47. The summed E-state index contributed by atoms with van der Waals surface area (Å²) in [4.78, 5) is 31.9. The highest BCUT2D eigenvalue weighted by atomic mass is 32.1. The average molecular weight is 406 g/mol. The van der Waals surface area contributed by atoms with Crippen molar-refractivity contribution in [1.29, 1.82) is 0 Å². The van der Waals surface area contributed by atoms with Crippen molar-refractivity contribution in [2.45, 2.75) is 12.8 Å². The van der Waals surface area contributed by atoms with E-state index in [2.05, 4.69) is 35.3 Å². The normalized spacial score (nSPS) is 15.0. The van der Waals surface area contributed by atoms with E-state index in [0.29, 0.717) is 10.9 Å². The number of thiazole rings is 1. The van der Waals surface area contributed by atoms with Crippen LogP contribution in [0.1, 0.15) is 12.8 Å². The maximum Gasteiger partial charge on any atom is 0.229 e. The van der Waals surface area contributed by atoms with Crippen molar-refractivity contribution >= 4 is 38.4 Å². The van der Waals surface area contributed by atoms with Gasteiger partial charge >= 0.3 is 0 Å². The van der Waals surface area contributed by atoms with Crippen molar-refractivity contribution in [3.05, 3.63) is 49.3 Å². The van der Waals surface area contributed by atoms with Gasteiger partial charge in [0, 0.05) is 25.1 Å². The van der Waals surface area contributed by atoms with Gasteiger partial charge in [0.2, 0.25) is 5.91 Å². The molecule has 5 rings (SSSR count). The molecule has 4 heterocycles. The second kappa shape index (κ2) is 7.55. The summed E-state index contributed by atoms with van der Waals surface area (Å²) in [6.07, 6.45) is 6.12. The minimum atomic E-state index is -0.0325. The summed E-state index contributed by atoms with van der Waals surface area (Å²) >= 11 is 1.50. The molecule has 9 nitrogen and oxygen atoms in total. The number of amides is 1. The van der Waals surface area contributed by atoms with Gasteiger partial charge in [0.15, 0.2) is 10.9 Å². The Morgan fingerprint density at radius 3 is 2.72 bits per heavy atom. The summed E-state index contributed by atoms with van der Waals surface area (Å²) < 4.78 is 2.67. The van der Waals surface area contributed by atoms with Crippen LogP contribution in [0.25, 0.3) is 16.0 Å². The molecule has 1 N–H and O–H groups in total. The first-order valence-corrected chi connectivity index (χ1v) is 10.2. The lowest BCUT2D eigenvalue weighted by Crippen LogP contribution is -2.38. The molecule has 146 valence electrons. The van der Waals surface area contributed by atoms with Crippen molar-refractivity contribution in [3.8, 4) is 5.82 Å². The van der Waals surface area contributed by atoms with Gasteiger partial charge in [0.05, 0.1) is 10.2 Å². The summed E-state index contributed by atoms with van der Waals surface area (Å²) in [5, 5.41) is 7.75. The summed E-state index contributed by atoms with van der Waals surface area (Å²) in [5.41, 5.74) is 0.912. The third-order valence-electron chi connectivity index (χ3n) is 5.01. The monoisotopic (exact) mass is 406 g/mol. The lowest BCUT2D eigenvalue weighted by Gasteiger charge is -2.32. The van der Waals surface area contributed by atoms with Gasteiger partial charge in [-0.3, -0.25) is 4.79 Å². The molecule has 0 saturated carbocycles. The van der Waals surface area contributed by atoms with Gasteiger partial charge < -0.3 is 10.2 Å². The van der Waals surface area contributed by atoms with Crippen molar-refractivity contribution < 1.29 is 4.79 Å². The number of nitrogens with zero attached hydrogens (tertiary/aromatic N) is 7. The van der Waals surface area contributed by atoms with Gasteiger partial charge in [-0.15, -0.1) is 0 Å². The number of aromatic nitrogens is 6. The number of carbonyl (C=O) groups is 1. The molecule has 29 heavy (non-hydrogen) atoms. The zero-order valence-corrected chi connectivity index (χ0v) is 16.3. The lowest BCUT2D eigenvalue weighted by atomic mass is 9.96. The van der Waals surface area contributed by atoms with Gasteiger partial charge in [0.1, 0.15) is 24.8 Å². The van der Waals surface area contributed by atoms with Crippen molar-refractivity contribution in [1.82, 2.24) is 29.7 Å². The second-order valence-electron chi connectivity index (χ2n) is 6.81. The van der Waals surface area contributed by atoms with E-state index in [1.54, 1.807) is 11.0 Å². The summed E-state index contributed by atoms with van der Waals surface area (Å²) in [6.45, 7) is 1.51. The molecule has 1 fully saturated rings. The average Bonchev–Trinajstić information content (AvgIpc) is 3.43. The molecular formula is C19H18N8OS. The Labute approximate surface area is 170 Å². The molecule has 3 aromatic heterocycles. The molecule has 0 unspecified atom stereocenters. The van der Waals surface area contributed by atoms with Crippen LogP contribution >= 0.6 is 11.3 Å². The molecule has 4 aromatic rings. The standard InChI is InChI=1S/C19H18N8OS/c28-18(25-19-24-14-3-1-2-4-15(14)29-19)13-5-7-26(8-6-13)16-9-17(22-11-21-16)27-12-20-10-23-27/h1-4,9-13H,5-8H2,(H,24,25,28). The third kappa shape index (κ3) is 3.66. The predicted octanol–water partition coefficient (Wildman–Crippen LogP) is 2.52. The first-order chi connectivity index (χ1) is 14.3. The molecule has 1 aliphatic rings. The van der Waals surface area contributed by atoms with E-state index in [1.165, 1.54) is 24.0 Å². The van der Waals surface area contributed by atoms with Crippen LogP contribution in [0.4, 0.5) is 10.9 Å². The van der Waals surface area contributed by atoms with E-state index in [9.17, 15) is 4.79 Å². The molecule has 1 aromatic carbocycles. The Morgan fingerprint density at radius 1 is 1.10 bits per heavy atom. The highest BCUT2D eigenvalue weighted by Gasteiger charge is 2.26. The number of benzene rings is 1. The molecule has 1 saturated heterocycles. The first kappa shape index (κ1) is 17.7. The molecule has 1 aliphatic heterocycles. The number of carbonyl (C=O) groups excluding carboxylic acids is 1. The van der Waals surface area contributed by atoms with Gasteiger partial charge in [-0.05, 0) is 25.0 Å². The number of anilines is 2. The Hall–Kier alpha value is -3.40. The molecule has 0 radical (unpaired) electrons. The number of para-hydroxylation sites is 1. The van der Waals surface area contributed by atoms with Crippen LogP contribution in [0.2, 0.25) is 0 Å². The van der Waals surface area contributed by atoms with Crippen molar-refractivity contribution in [3.63, 3.8) is 0 Å². The van der Waals surface area contributed by atoms with Gasteiger partial charge in [-0.25, -0.2) is 24.6 Å². The van der Waals surface area contributed by atoms with E-state index in [-0.39, 0.29) is 11.8 Å². The van der Waals surface area contributed by atoms with Crippen LogP contribution in [0, 0.1) is 5.92 Å². The number of fused-ring (bicyclic) bond motifs is 1. The van der Waals surface area contributed by atoms with Crippen molar-refractivity contribution in [2.75, 3.05) is 23.3 Å². The Morgan fingerprint density at radius 2 is 1.93 bits per heavy atom. The van der Waals surface area contributed by atoms with E-state index in [0.717, 1.165) is 42.0 Å². The van der Waals surface area contributed by atoms with Crippen LogP contribution in [0.3, 0.4) is 0 Å². The van der Waals surface area contributed by atoms with E-state index < -0.39 is 0 Å². The number of hydrogen-bond donors (Lipinski definition) is 1. The molecule has 0 aliphatic carbocycles. The molecule has 0 atom stereocenters. The van der Waals surface area contributed by atoms with Crippen LogP contribution in [-0.2, 0) is 4.79 Å². The van der Waals surface area contributed by atoms with Gasteiger partial charge in [-0.2, -0.15) is 5.10 Å².